The lowest BCUT2D eigenvalue weighted by Gasteiger charge is -2.15. The number of benzene rings is 1. The number of allylic oxidation sites excluding steroid dienone is 1. The summed E-state index contributed by atoms with van der Waals surface area (Å²) < 4.78 is 6.74. The molecule has 0 saturated heterocycles. The number of nitrogens with one attached hydrogen (secondary N) is 1. The van der Waals surface area contributed by atoms with Crippen LogP contribution >= 0.6 is 0 Å². The Kier molecular flexibility index (Phi) is 6.69. The quantitative estimate of drug-likeness (QED) is 0.462. The minimum atomic E-state index is -0.651. The molecular formula is C21H26N2O4. The summed E-state index contributed by atoms with van der Waals surface area (Å²) in [6.07, 6.45) is 2.21. The molecule has 27 heavy (non-hydrogen) atoms. The molecule has 0 fully saturated rings. The third kappa shape index (κ3) is 4.92. The van der Waals surface area contributed by atoms with Crippen LogP contribution in [0, 0.1) is 13.8 Å². The molecule has 0 aliphatic heterocycles. The van der Waals surface area contributed by atoms with E-state index in [0.29, 0.717) is 18.6 Å². The fourth-order valence-corrected chi connectivity index (χ4v) is 2.93. The molecule has 0 bridgehead atoms. The van der Waals surface area contributed by atoms with Gasteiger partial charge < -0.3 is 4.74 Å². The Labute approximate surface area is 158 Å². The molecule has 0 amide bonds. The molecule has 0 radical (unpaired) electrons. The lowest BCUT2D eigenvalue weighted by Crippen LogP contribution is -2.38. The number of hydrogen-bond donors (Lipinski definition) is 1. The fourth-order valence-electron chi connectivity index (χ4n) is 2.93. The zero-order chi connectivity index (χ0) is 20.1. The van der Waals surface area contributed by atoms with Crippen molar-refractivity contribution in [3.63, 3.8) is 0 Å². The first-order valence-corrected chi connectivity index (χ1v) is 8.94. The van der Waals surface area contributed by atoms with Crippen LogP contribution in [0.15, 0.2) is 39.4 Å². The second kappa shape index (κ2) is 8.77. The van der Waals surface area contributed by atoms with Gasteiger partial charge in [-0.05, 0) is 46.2 Å². The van der Waals surface area contributed by atoms with E-state index in [1.54, 1.807) is 19.1 Å². The maximum Gasteiger partial charge on any atom is 0.330 e. The van der Waals surface area contributed by atoms with Gasteiger partial charge in [0.15, 0.2) is 0 Å². The summed E-state index contributed by atoms with van der Waals surface area (Å²) in [5, 5.41) is 0. The van der Waals surface area contributed by atoms with Crippen molar-refractivity contribution in [3.05, 3.63) is 78.6 Å². The van der Waals surface area contributed by atoms with Gasteiger partial charge in [0.1, 0.15) is 12.4 Å². The van der Waals surface area contributed by atoms with E-state index in [9.17, 15) is 14.4 Å². The van der Waals surface area contributed by atoms with Crippen molar-refractivity contribution >= 4 is 5.78 Å². The Morgan fingerprint density at radius 2 is 1.78 bits per heavy atom. The Balaban J connectivity index is 2.57. The number of aryl methyl sites for hydroxylation is 2. The zero-order valence-electron chi connectivity index (χ0n) is 16.5. The van der Waals surface area contributed by atoms with E-state index in [1.807, 2.05) is 39.8 Å². The van der Waals surface area contributed by atoms with Crippen LogP contribution in [0.25, 0.3) is 0 Å². The third-order valence-corrected chi connectivity index (χ3v) is 4.18. The number of ketones is 1. The normalized spacial score (nSPS) is 10.7. The lowest BCUT2D eigenvalue weighted by atomic mass is 9.99. The molecule has 1 aromatic carbocycles. The number of H-pyrrole nitrogens is 1. The minimum absolute atomic E-state index is 0.0912. The van der Waals surface area contributed by atoms with E-state index in [4.69, 9.17) is 4.74 Å². The van der Waals surface area contributed by atoms with Gasteiger partial charge in [-0.1, -0.05) is 35.8 Å². The van der Waals surface area contributed by atoms with Gasteiger partial charge >= 0.3 is 5.69 Å². The topological polar surface area (TPSA) is 81.2 Å². The summed E-state index contributed by atoms with van der Waals surface area (Å²) in [6.45, 7) is 9.67. The molecule has 6 heteroatoms. The van der Waals surface area contributed by atoms with Gasteiger partial charge in [0.05, 0.1) is 6.61 Å². The molecule has 0 saturated carbocycles. The van der Waals surface area contributed by atoms with Crippen molar-refractivity contribution in [2.24, 2.45) is 0 Å². The van der Waals surface area contributed by atoms with Gasteiger partial charge in [-0.3, -0.25) is 19.1 Å². The summed E-state index contributed by atoms with van der Waals surface area (Å²) in [7, 11) is 0. The zero-order valence-corrected chi connectivity index (χ0v) is 16.5. The molecular weight excluding hydrogens is 344 g/mol. The highest BCUT2D eigenvalue weighted by Gasteiger charge is 2.22. The predicted octanol–water partition coefficient (Wildman–Crippen LogP) is 2.89. The van der Waals surface area contributed by atoms with Crippen LogP contribution in [0.3, 0.4) is 0 Å². The van der Waals surface area contributed by atoms with Gasteiger partial charge in [0.2, 0.25) is 5.78 Å². The Hall–Kier alpha value is -2.73. The van der Waals surface area contributed by atoms with Gasteiger partial charge in [-0.25, -0.2) is 4.79 Å². The molecule has 144 valence electrons. The molecule has 6 nitrogen and oxygen atoms in total. The molecule has 0 spiro atoms. The summed E-state index contributed by atoms with van der Waals surface area (Å²) in [6, 6.07) is 5.48. The highest BCUT2D eigenvalue weighted by molar-refractivity contribution is 6.09. The Morgan fingerprint density at radius 1 is 1.15 bits per heavy atom. The summed E-state index contributed by atoms with van der Waals surface area (Å²) in [5.41, 5.74) is 2.61. The van der Waals surface area contributed by atoms with Gasteiger partial charge in [-0.2, -0.15) is 0 Å². The van der Waals surface area contributed by atoms with Crippen LogP contribution in [0.2, 0.25) is 0 Å². The van der Waals surface area contributed by atoms with Crippen LogP contribution in [0.5, 0.6) is 0 Å². The summed E-state index contributed by atoms with van der Waals surface area (Å²) in [4.78, 5) is 40.1. The van der Waals surface area contributed by atoms with Gasteiger partial charge in [0.25, 0.3) is 5.56 Å². The highest BCUT2D eigenvalue weighted by atomic mass is 16.5. The van der Waals surface area contributed by atoms with Crippen molar-refractivity contribution in [2.75, 3.05) is 6.61 Å². The maximum absolute atomic E-state index is 13.2. The molecule has 1 heterocycles. The van der Waals surface area contributed by atoms with E-state index in [2.05, 4.69) is 4.98 Å². The molecule has 2 aromatic rings. The SMILES string of the molecule is CCc1c(C(=O)c2cc(C)cc(C)c2)n(COCC=C(C)C)c(=O)[nH]c1=O. The van der Waals surface area contributed by atoms with Gasteiger partial charge in [0, 0.05) is 11.1 Å². The molecule has 1 aromatic heterocycles. The number of aromatic amines is 1. The number of ether oxygens (including phenoxy) is 1. The van der Waals surface area contributed by atoms with Crippen LogP contribution < -0.4 is 11.2 Å². The van der Waals surface area contributed by atoms with E-state index >= 15 is 0 Å². The molecule has 0 atom stereocenters. The Morgan fingerprint density at radius 3 is 2.33 bits per heavy atom. The summed E-state index contributed by atoms with van der Waals surface area (Å²) in [5.74, 6) is -0.354. The lowest BCUT2D eigenvalue weighted by molar-refractivity contribution is 0.0869. The monoisotopic (exact) mass is 370 g/mol. The maximum atomic E-state index is 13.2. The number of carbonyl (C=O) groups excluding carboxylic acids is 1. The van der Waals surface area contributed by atoms with Crippen LogP contribution in [-0.2, 0) is 17.9 Å². The highest BCUT2D eigenvalue weighted by Crippen LogP contribution is 2.15. The predicted molar refractivity (Wildman–Crippen MR) is 105 cm³/mol. The number of rotatable bonds is 7. The number of carbonyl (C=O) groups is 1. The molecule has 1 N–H and O–H groups in total. The van der Waals surface area contributed by atoms with Crippen molar-refractivity contribution in [2.45, 2.75) is 47.8 Å². The number of aromatic nitrogens is 2. The second-order valence-corrected chi connectivity index (χ2v) is 6.85. The average Bonchev–Trinajstić information content (AvgIpc) is 2.57. The first kappa shape index (κ1) is 20.6. The third-order valence-electron chi connectivity index (χ3n) is 4.18. The first-order valence-electron chi connectivity index (χ1n) is 8.94. The summed E-state index contributed by atoms with van der Waals surface area (Å²) >= 11 is 0. The van der Waals surface area contributed by atoms with Crippen molar-refractivity contribution in [1.82, 2.24) is 9.55 Å². The van der Waals surface area contributed by atoms with E-state index in [1.165, 1.54) is 4.57 Å². The van der Waals surface area contributed by atoms with Crippen LogP contribution in [0.1, 0.15) is 53.5 Å². The smallest absolute Gasteiger partial charge is 0.330 e. The van der Waals surface area contributed by atoms with E-state index in [0.717, 1.165) is 16.7 Å². The average molecular weight is 370 g/mol. The second-order valence-electron chi connectivity index (χ2n) is 6.85. The molecule has 2 rings (SSSR count). The van der Waals surface area contributed by atoms with E-state index in [-0.39, 0.29) is 23.8 Å². The number of nitrogens with zero attached hydrogens (tertiary/aromatic N) is 1. The molecule has 0 aliphatic rings. The van der Waals surface area contributed by atoms with Gasteiger partial charge in [-0.15, -0.1) is 0 Å². The van der Waals surface area contributed by atoms with Crippen molar-refractivity contribution in [1.29, 1.82) is 0 Å². The Bertz CT molecular complexity index is 972. The van der Waals surface area contributed by atoms with E-state index < -0.39 is 11.2 Å². The molecule has 0 aliphatic carbocycles. The standard InChI is InChI=1S/C21H26N2O4/c1-6-17-18(19(24)16-10-14(4)9-15(5)11-16)23(21(26)22-20(17)25)12-27-8-7-13(2)3/h7,9-11H,6,8,12H2,1-5H3,(H,22,25,26). The van der Waals surface area contributed by atoms with Crippen LogP contribution in [-0.4, -0.2) is 21.9 Å². The fraction of sp³-hybridized carbons (Fsp3) is 0.381. The van der Waals surface area contributed by atoms with Crippen molar-refractivity contribution < 1.29 is 9.53 Å². The first-order chi connectivity index (χ1) is 12.7. The number of hydrogen-bond acceptors (Lipinski definition) is 4. The van der Waals surface area contributed by atoms with Crippen LogP contribution in [0.4, 0.5) is 0 Å². The largest absolute Gasteiger partial charge is 0.357 e. The molecule has 0 unspecified atom stereocenters. The minimum Gasteiger partial charge on any atom is -0.357 e. The van der Waals surface area contributed by atoms with Crippen molar-refractivity contribution in [3.8, 4) is 0 Å².